The van der Waals surface area contributed by atoms with Crippen LogP contribution in [0.5, 0.6) is 0 Å². The number of amides is 1. The molecule has 4 heteroatoms. The first-order chi connectivity index (χ1) is 9.65. The fraction of sp³-hybridized carbons (Fsp3) is 0.188. The number of ether oxygens (including phenoxy) is 1. The summed E-state index contributed by atoms with van der Waals surface area (Å²) in [4.78, 5) is 11.6. The lowest BCUT2D eigenvalue weighted by Gasteiger charge is -2.09. The first-order valence-corrected chi connectivity index (χ1v) is 6.37. The molecule has 2 rings (SSSR count). The van der Waals surface area contributed by atoms with Crippen molar-refractivity contribution in [3.05, 3.63) is 65.7 Å². The highest BCUT2D eigenvalue weighted by Gasteiger charge is 2.07. The highest BCUT2D eigenvalue weighted by molar-refractivity contribution is 5.84. The number of rotatable bonds is 4. The Kier molecular flexibility index (Phi) is 4.71. The van der Waals surface area contributed by atoms with Crippen LogP contribution in [0, 0.1) is 0 Å². The Morgan fingerprint density at radius 3 is 2.65 bits per heavy atom. The second kappa shape index (κ2) is 6.70. The number of anilines is 1. The molecule has 0 heterocycles. The monoisotopic (exact) mass is 273 g/mol. The van der Waals surface area contributed by atoms with E-state index in [4.69, 9.17) is 4.74 Å². The molecule has 0 aliphatic carbocycles. The van der Waals surface area contributed by atoms with E-state index >= 15 is 0 Å². The van der Waals surface area contributed by atoms with Crippen LogP contribution in [0.4, 0.5) is 14.9 Å². The molecule has 0 aliphatic heterocycles. The van der Waals surface area contributed by atoms with Gasteiger partial charge in [-0.3, -0.25) is 5.32 Å². The summed E-state index contributed by atoms with van der Waals surface area (Å²) in [6.07, 6.45) is -1.63. The summed E-state index contributed by atoms with van der Waals surface area (Å²) in [7, 11) is 0. The maximum Gasteiger partial charge on any atom is 0.411 e. The predicted octanol–water partition coefficient (Wildman–Crippen LogP) is 4.47. The van der Waals surface area contributed by atoms with Crippen molar-refractivity contribution in [3.8, 4) is 0 Å². The average Bonchev–Trinajstić information content (AvgIpc) is 2.46. The molecule has 0 aliphatic rings. The van der Waals surface area contributed by atoms with Crippen molar-refractivity contribution in [3.63, 3.8) is 0 Å². The fourth-order valence-electron chi connectivity index (χ4n) is 1.74. The van der Waals surface area contributed by atoms with E-state index in [9.17, 15) is 9.18 Å². The number of nitrogens with one attached hydrogen (secondary N) is 1. The molecular weight excluding hydrogens is 257 g/mol. The number of halogens is 1. The van der Waals surface area contributed by atoms with E-state index < -0.39 is 12.3 Å². The average molecular weight is 273 g/mol. The maximum absolute atomic E-state index is 13.2. The maximum atomic E-state index is 13.2. The molecule has 0 radical (unpaired) electrons. The van der Waals surface area contributed by atoms with Gasteiger partial charge in [-0.25, -0.2) is 9.18 Å². The number of carbonyl (C=O) groups excluding carboxylic acids is 1. The Hall–Kier alpha value is -2.36. The molecule has 0 saturated carbocycles. The van der Waals surface area contributed by atoms with Crippen LogP contribution in [0.3, 0.4) is 0 Å². The highest BCUT2D eigenvalue weighted by Crippen LogP contribution is 2.20. The number of hydrogen-bond acceptors (Lipinski definition) is 2. The van der Waals surface area contributed by atoms with Crippen molar-refractivity contribution >= 4 is 11.8 Å². The molecule has 3 nitrogen and oxygen atoms in total. The van der Waals surface area contributed by atoms with Crippen molar-refractivity contribution < 1.29 is 13.9 Å². The van der Waals surface area contributed by atoms with Crippen molar-refractivity contribution in [1.29, 1.82) is 0 Å². The van der Waals surface area contributed by atoms with Gasteiger partial charge in [0, 0.05) is 5.69 Å². The molecule has 0 aromatic heterocycles. The lowest BCUT2D eigenvalue weighted by molar-refractivity contribution is 0.155. The SMILES string of the molecule is CC(F)c1cccc(NC(=O)OCc2ccccc2)c1. The third-order valence-corrected chi connectivity index (χ3v) is 2.81. The van der Waals surface area contributed by atoms with Crippen LogP contribution in [0.1, 0.15) is 24.2 Å². The molecule has 0 fully saturated rings. The Balaban J connectivity index is 1.90. The fourth-order valence-corrected chi connectivity index (χ4v) is 1.74. The first kappa shape index (κ1) is 14.1. The van der Waals surface area contributed by atoms with Crippen LogP contribution >= 0.6 is 0 Å². The second-order valence-corrected chi connectivity index (χ2v) is 4.43. The highest BCUT2D eigenvalue weighted by atomic mass is 19.1. The molecule has 2 aromatic carbocycles. The lowest BCUT2D eigenvalue weighted by Crippen LogP contribution is -2.13. The molecule has 2 aromatic rings. The number of alkyl halides is 1. The van der Waals surface area contributed by atoms with Gasteiger partial charge in [-0.15, -0.1) is 0 Å². The molecule has 20 heavy (non-hydrogen) atoms. The van der Waals surface area contributed by atoms with Crippen molar-refractivity contribution in [2.45, 2.75) is 19.7 Å². The van der Waals surface area contributed by atoms with E-state index in [0.717, 1.165) is 5.56 Å². The summed E-state index contributed by atoms with van der Waals surface area (Å²) in [5, 5.41) is 2.58. The summed E-state index contributed by atoms with van der Waals surface area (Å²) >= 11 is 0. The van der Waals surface area contributed by atoms with E-state index in [1.165, 1.54) is 6.92 Å². The van der Waals surface area contributed by atoms with E-state index in [1.807, 2.05) is 30.3 Å². The number of hydrogen-bond donors (Lipinski definition) is 1. The molecule has 1 N–H and O–H groups in total. The summed E-state index contributed by atoms with van der Waals surface area (Å²) in [5.41, 5.74) is 1.95. The minimum Gasteiger partial charge on any atom is -0.444 e. The largest absolute Gasteiger partial charge is 0.444 e. The standard InChI is InChI=1S/C16H16FNO2/c1-12(17)14-8-5-9-15(10-14)18-16(19)20-11-13-6-3-2-4-7-13/h2-10,12H,11H2,1H3,(H,18,19). The Morgan fingerprint density at radius 2 is 1.95 bits per heavy atom. The van der Waals surface area contributed by atoms with Gasteiger partial charge < -0.3 is 4.74 Å². The molecule has 104 valence electrons. The minimum atomic E-state index is -1.07. The van der Waals surface area contributed by atoms with Crippen LogP contribution < -0.4 is 5.32 Å². The van der Waals surface area contributed by atoms with Crippen LogP contribution in [0.2, 0.25) is 0 Å². The summed E-state index contributed by atoms with van der Waals surface area (Å²) in [5.74, 6) is 0. The molecule has 0 bridgehead atoms. The molecular formula is C16H16FNO2. The van der Waals surface area contributed by atoms with Crippen LogP contribution in [-0.4, -0.2) is 6.09 Å². The van der Waals surface area contributed by atoms with E-state index in [1.54, 1.807) is 24.3 Å². The van der Waals surface area contributed by atoms with Crippen molar-refractivity contribution in [1.82, 2.24) is 0 Å². The lowest BCUT2D eigenvalue weighted by atomic mass is 10.1. The zero-order valence-electron chi connectivity index (χ0n) is 11.2. The van der Waals surface area contributed by atoms with Gasteiger partial charge in [-0.05, 0) is 30.2 Å². The van der Waals surface area contributed by atoms with Gasteiger partial charge in [0.15, 0.2) is 0 Å². The molecule has 1 unspecified atom stereocenters. The summed E-state index contributed by atoms with van der Waals surface area (Å²) in [6.45, 7) is 1.65. The van der Waals surface area contributed by atoms with Gasteiger partial charge in [-0.2, -0.15) is 0 Å². The Morgan fingerprint density at radius 1 is 1.20 bits per heavy atom. The molecule has 0 saturated heterocycles. The van der Waals surface area contributed by atoms with Gasteiger partial charge >= 0.3 is 6.09 Å². The smallest absolute Gasteiger partial charge is 0.411 e. The summed E-state index contributed by atoms with van der Waals surface area (Å²) < 4.78 is 18.3. The predicted molar refractivity (Wildman–Crippen MR) is 76.2 cm³/mol. The van der Waals surface area contributed by atoms with Gasteiger partial charge in [-0.1, -0.05) is 42.5 Å². The van der Waals surface area contributed by atoms with Crippen molar-refractivity contribution in [2.24, 2.45) is 0 Å². The number of carbonyl (C=O) groups is 1. The molecule has 0 spiro atoms. The first-order valence-electron chi connectivity index (χ1n) is 6.37. The van der Waals surface area contributed by atoms with E-state index in [2.05, 4.69) is 5.32 Å². The zero-order valence-corrected chi connectivity index (χ0v) is 11.2. The molecule has 1 amide bonds. The van der Waals surface area contributed by atoms with Gasteiger partial charge in [0.2, 0.25) is 0 Å². The van der Waals surface area contributed by atoms with Gasteiger partial charge in [0.1, 0.15) is 12.8 Å². The Labute approximate surface area is 117 Å². The van der Waals surface area contributed by atoms with Gasteiger partial charge in [0.25, 0.3) is 0 Å². The zero-order chi connectivity index (χ0) is 14.4. The van der Waals surface area contributed by atoms with Gasteiger partial charge in [0.05, 0.1) is 0 Å². The molecule has 1 atom stereocenters. The third kappa shape index (κ3) is 4.09. The number of benzene rings is 2. The Bertz CT molecular complexity index is 570. The summed E-state index contributed by atoms with van der Waals surface area (Å²) in [6, 6.07) is 16.0. The van der Waals surface area contributed by atoms with Crippen molar-refractivity contribution in [2.75, 3.05) is 5.32 Å². The topological polar surface area (TPSA) is 38.3 Å². The minimum absolute atomic E-state index is 0.200. The van der Waals surface area contributed by atoms with E-state index in [-0.39, 0.29) is 6.61 Å². The second-order valence-electron chi connectivity index (χ2n) is 4.43. The van der Waals surface area contributed by atoms with Crippen LogP contribution in [-0.2, 0) is 11.3 Å². The van der Waals surface area contributed by atoms with Crippen LogP contribution in [0.15, 0.2) is 54.6 Å². The quantitative estimate of drug-likeness (QED) is 0.892. The van der Waals surface area contributed by atoms with Crippen LogP contribution in [0.25, 0.3) is 0 Å². The normalized spacial score (nSPS) is 11.7. The van der Waals surface area contributed by atoms with E-state index in [0.29, 0.717) is 11.3 Å². The third-order valence-electron chi connectivity index (χ3n) is 2.81.